The van der Waals surface area contributed by atoms with Crippen molar-refractivity contribution in [3.63, 3.8) is 0 Å². The van der Waals surface area contributed by atoms with Gasteiger partial charge in [0.15, 0.2) is 0 Å². The molecule has 2 aliphatic rings. The van der Waals surface area contributed by atoms with E-state index in [0.29, 0.717) is 6.54 Å². The van der Waals surface area contributed by atoms with E-state index >= 15 is 0 Å². The second-order valence-electron chi connectivity index (χ2n) is 7.38. The zero-order valence-electron chi connectivity index (χ0n) is 13.1. The highest BCUT2D eigenvalue weighted by molar-refractivity contribution is 6.83. The maximum atomic E-state index is 13.1. The van der Waals surface area contributed by atoms with Gasteiger partial charge in [-0.15, -0.1) is 0 Å². The van der Waals surface area contributed by atoms with Gasteiger partial charge in [0, 0.05) is 0 Å². The van der Waals surface area contributed by atoms with E-state index in [2.05, 4.69) is 19.6 Å². The molecule has 2 fully saturated rings. The zero-order chi connectivity index (χ0) is 15.3. The highest BCUT2D eigenvalue weighted by Gasteiger charge is 2.66. The van der Waals surface area contributed by atoms with Crippen LogP contribution in [0.25, 0.3) is 0 Å². The van der Waals surface area contributed by atoms with Crippen LogP contribution in [0.5, 0.6) is 0 Å². The van der Waals surface area contributed by atoms with E-state index in [-0.39, 0.29) is 22.8 Å². The second kappa shape index (κ2) is 4.80. The van der Waals surface area contributed by atoms with Crippen LogP contribution in [0, 0.1) is 5.92 Å². The Morgan fingerprint density at radius 1 is 1.19 bits per heavy atom. The fourth-order valence-electron chi connectivity index (χ4n) is 4.26. The maximum Gasteiger partial charge on any atom is 0.233 e. The molecule has 4 heteroatoms. The van der Waals surface area contributed by atoms with Crippen molar-refractivity contribution in [2.45, 2.75) is 50.5 Å². The molecule has 21 heavy (non-hydrogen) atoms. The fourth-order valence-corrected chi connectivity index (χ4v) is 7.28. The number of likely N-dealkylation sites (tertiary alicyclic amines) is 1. The van der Waals surface area contributed by atoms with Crippen molar-refractivity contribution in [3.05, 3.63) is 35.9 Å². The molecule has 0 N–H and O–H groups in total. The van der Waals surface area contributed by atoms with E-state index in [4.69, 9.17) is 0 Å². The molecule has 1 aromatic rings. The van der Waals surface area contributed by atoms with Crippen molar-refractivity contribution in [1.82, 2.24) is 4.90 Å². The van der Waals surface area contributed by atoms with Crippen molar-refractivity contribution in [3.8, 4) is 0 Å². The van der Waals surface area contributed by atoms with Gasteiger partial charge in [-0.25, -0.2) is 0 Å². The van der Waals surface area contributed by atoms with Gasteiger partial charge in [0.05, 0.1) is 25.6 Å². The molecule has 1 saturated carbocycles. The first-order valence-corrected chi connectivity index (χ1v) is 11.3. The standard InChI is InChI=1S/C17H23NO2Si/c1-21(2,3)17-11-7-10-14(17)15(19)18(16(17)20)12-13-8-5-4-6-9-13/h4-6,8-9,14H,7,10-12H2,1-3H3/t14-,17+/m0/s1. The monoisotopic (exact) mass is 301 g/mol. The van der Waals surface area contributed by atoms with Crippen LogP contribution in [0.3, 0.4) is 0 Å². The largest absolute Gasteiger partial charge is 0.278 e. The molecule has 3 rings (SSSR count). The quantitative estimate of drug-likeness (QED) is 0.633. The molecular weight excluding hydrogens is 278 g/mol. The van der Waals surface area contributed by atoms with Gasteiger partial charge in [0.1, 0.15) is 0 Å². The average Bonchev–Trinajstić information content (AvgIpc) is 2.96. The molecule has 3 nitrogen and oxygen atoms in total. The summed E-state index contributed by atoms with van der Waals surface area (Å²) in [6, 6.07) is 9.83. The lowest BCUT2D eigenvalue weighted by Crippen LogP contribution is -2.46. The van der Waals surface area contributed by atoms with E-state index in [0.717, 1.165) is 24.8 Å². The number of carbonyl (C=O) groups excluding carboxylic acids is 2. The Hall–Kier alpha value is -1.42. The third-order valence-electron chi connectivity index (χ3n) is 5.37. The van der Waals surface area contributed by atoms with Crippen molar-refractivity contribution >= 4 is 19.9 Å². The third kappa shape index (κ3) is 2.00. The van der Waals surface area contributed by atoms with Crippen molar-refractivity contribution in [2.75, 3.05) is 0 Å². The Labute approximate surface area is 127 Å². The van der Waals surface area contributed by atoms with Gasteiger partial charge in [-0.05, 0) is 18.4 Å². The first-order chi connectivity index (χ1) is 9.88. The second-order valence-corrected chi connectivity index (χ2v) is 12.8. The number of rotatable bonds is 3. The first-order valence-electron chi connectivity index (χ1n) is 7.78. The SMILES string of the molecule is C[Si](C)(C)[C@]12CCC[C@H]1C(=O)N(Cc1ccccc1)C2=O. The summed E-state index contributed by atoms with van der Waals surface area (Å²) in [7, 11) is -1.75. The van der Waals surface area contributed by atoms with Crippen LogP contribution in [0.15, 0.2) is 30.3 Å². The molecule has 112 valence electrons. The number of nitrogens with zero attached hydrogens (tertiary/aromatic N) is 1. The fraction of sp³-hybridized carbons (Fsp3) is 0.529. The molecule has 0 unspecified atom stereocenters. The van der Waals surface area contributed by atoms with Crippen LogP contribution < -0.4 is 0 Å². The van der Waals surface area contributed by atoms with Crippen molar-refractivity contribution in [2.24, 2.45) is 5.92 Å². The molecule has 2 atom stereocenters. The minimum Gasteiger partial charge on any atom is -0.278 e. The number of benzene rings is 1. The van der Waals surface area contributed by atoms with Crippen LogP contribution in [0.4, 0.5) is 0 Å². The summed E-state index contributed by atoms with van der Waals surface area (Å²) in [5, 5.41) is -0.348. The summed E-state index contributed by atoms with van der Waals surface area (Å²) in [5.41, 5.74) is 1.03. The molecule has 1 heterocycles. The van der Waals surface area contributed by atoms with Gasteiger partial charge < -0.3 is 0 Å². The summed E-state index contributed by atoms with van der Waals surface area (Å²) in [6.07, 6.45) is 2.81. The molecule has 1 aliphatic carbocycles. The molecule has 1 aliphatic heterocycles. The van der Waals surface area contributed by atoms with Crippen molar-refractivity contribution < 1.29 is 9.59 Å². The molecule has 1 aromatic carbocycles. The molecular formula is C17H23NO2Si. The predicted molar refractivity (Wildman–Crippen MR) is 85.4 cm³/mol. The average molecular weight is 301 g/mol. The van der Waals surface area contributed by atoms with Gasteiger partial charge in [-0.2, -0.15) is 0 Å². The molecule has 0 spiro atoms. The Morgan fingerprint density at radius 3 is 2.43 bits per heavy atom. The Morgan fingerprint density at radius 2 is 1.86 bits per heavy atom. The number of carbonyl (C=O) groups is 2. The van der Waals surface area contributed by atoms with Crippen LogP contribution >= 0.6 is 0 Å². The van der Waals surface area contributed by atoms with Gasteiger partial charge in [-0.3, -0.25) is 14.5 Å². The highest BCUT2D eigenvalue weighted by Crippen LogP contribution is 2.61. The van der Waals surface area contributed by atoms with Crippen LogP contribution in [-0.4, -0.2) is 24.8 Å². The Kier molecular flexibility index (Phi) is 3.32. The van der Waals surface area contributed by atoms with E-state index < -0.39 is 8.07 Å². The summed E-state index contributed by atoms with van der Waals surface area (Å²) in [4.78, 5) is 27.4. The van der Waals surface area contributed by atoms with E-state index in [1.165, 1.54) is 4.90 Å². The minimum atomic E-state index is -1.75. The molecule has 0 bridgehead atoms. The number of hydrogen-bond acceptors (Lipinski definition) is 2. The molecule has 1 saturated heterocycles. The third-order valence-corrected chi connectivity index (χ3v) is 8.86. The van der Waals surface area contributed by atoms with Gasteiger partial charge >= 0.3 is 0 Å². The minimum absolute atomic E-state index is 0.0552. The number of fused-ring (bicyclic) bond motifs is 1. The van der Waals surface area contributed by atoms with Crippen LogP contribution in [-0.2, 0) is 16.1 Å². The molecule has 2 amide bonds. The normalized spacial score (nSPS) is 29.1. The lowest BCUT2D eigenvalue weighted by Gasteiger charge is -2.37. The summed E-state index contributed by atoms with van der Waals surface area (Å²) >= 11 is 0. The number of amides is 2. The molecule has 0 aromatic heterocycles. The number of hydrogen-bond donors (Lipinski definition) is 0. The summed E-state index contributed by atoms with van der Waals surface area (Å²) in [5.74, 6) is 0.127. The first kappa shape index (κ1) is 14.5. The van der Waals surface area contributed by atoms with Crippen molar-refractivity contribution in [1.29, 1.82) is 0 Å². The summed E-state index contributed by atoms with van der Waals surface area (Å²) < 4.78 is 0. The van der Waals surface area contributed by atoms with Gasteiger partial charge in [0.25, 0.3) is 0 Å². The Balaban J connectivity index is 1.96. The lowest BCUT2D eigenvalue weighted by molar-refractivity contribution is -0.140. The maximum absolute atomic E-state index is 13.1. The topological polar surface area (TPSA) is 37.4 Å². The van der Waals surface area contributed by atoms with E-state index in [1.54, 1.807) is 0 Å². The smallest absolute Gasteiger partial charge is 0.233 e. The molecule has 0 radical (unpaired) electrons. The highest BCUT2D eigenvalue weighted by atomic mass is 28.3. The van der Waals surface area contributed by atoms with E-state index in [9.17, 15) is 9.59 Å². The lowest BCUT2D eigenvalue weighted by atomic mass is 9.98. The zero-order valence-corrected chi connectivity index (χ0v) is 14.1. The number of imide groups is 1. The van der Waals surface area contributed by atoms with Crippen LogP contribution in [0.2, 0.25) is 24.7 Å². The van der Waals surface area contributed by atoms with E-state index in [1.807, 2.05) is 30.3 Å². The predicted octanol–water partition coefficient (Wildman–Crippen LogP) is 3.43. The summed E-state index contributed by atoms with van der Waals surface area (Å²) in [6.45, 7) is 7.15. The van der Waals surface area contributed by atoms with Crippen LogP contribution in [0.1, 0.15) is 24.8 Å². The van der Waals surface area contributed by atoms with Gasteiger partial charge in [-0.1, -0.05) is 56.4 Å². The Bertz CT molecular complexity index is 578. The van der Waals surface area contributed by atoms with Gasteiger partial charge in [0.2, 0.25) is 11.8 Å².